The molecule has 2 aromatic heterocycles. The highest BCUT2D eigenvalue weighted by molar-refractivity contribution is 7.99. The Labute approximate surface area is 160 Å². The van der Waals surface area contributed by atoms with Crippen molar-refractivity contribution in [2.45, 2.75) is 18.1 Å². The predicted octanol–water partition coefficient (Wildman–Crippen LogP) is 4.05. The fourth-order valence-electron chi connectivity index (χ4n) is 3.02. The van der Waals surface area contributed by atoms with E-state index in [1.807, 2.05) is 39.9 Å². The molecule has 134 valence electrons. The van der Waals surface area contributed by atoms with Crippen molar-refractivity contribution >= 4 is 29.0 Å². The number of rotatable bonds is 6. The summed E-state index contributed by atoms with van der Waals surface area (Å²) in [5, 5.41) is 8.11. The lowest BCUT2D eigenvalue weighted by Crippen LogP contribution is -2.30. The minimum atomic E-state index is 0.161. The van der Waals surface area contributed by atoms with E-state index in [-0.39, 0.29) is 11.8 Å². The van der Waals surface area contributed by atoms with Crippen LogP contribution in [0.4, 0.5) is 0 Å². The van der Waals surface area contributed by atoms with E-state index < -0.39 is 0 Å². The summed E-state index contributed by atoms with van der Waals surface area (Å²) in [7, 11) is 0. The second kappa shape index (κ2) is 8.05. The molecule has 4 rings (SSSR count). The molecule has 1 aromatic carbocycles. The van der Waals surface area contributed by atoms with E-state index >= 15 is 0 Å². The number of hydrogen-bond acceptors (Lipinski definition) is 6. The van der Waals surface area contributed by atoms with Gasteiger partial charge in [-0.05, 0) is 23.4 Å². The van der Waals surface area contributed by atoms with Crippen LogP contribution in [0.2, 0.25) is 0 Å². The maximum atomic E-state index is 12.4. The van der Waals surface area contributed by atoms with Gasteiger partial charge in [0.15, 0.2) is 5.82 Å². The number of thiophene rings is 1. The highest BCUT2D eigenvalue weighted by atomic mass is 32.2. The van der Waals surface area contributed by atoms with Gasteiger partial charge in [0.05, 0.1) is 11.3 Å². The second-order valence-corrected chi connectivity index (χ2v) is 8.04. The fraction of sp³-hybridized carbons (Fsp3) is 0.316. The zero-order chi connectivity index (χ0) is 17.8. The van der Waals surface area contributed by atoms with E-state index in [1.54, 1.807) is 23.1 Å². The van der Waals surface area contributed by atoms with Crippen LogP contribution in [-0.4, -0.2) is 39.8 Å². The van der Waals surface area contributed by atoms with Crippen LogP contribution in [0.1, 0.15) is 23.7 Å². The molecule has 0 aliphatic carbocycles. The monoisotopic (exact) mass is 385 g/mol. The van der Waals surface area contributed by atoms with E-state index in [9.17, 15) is 4.79 Å². The molecular weight excluding hydrogens is 366 g/mol. The lowest BCUT2D eigenvalue weighted by atomic mass is 10.1. The molecule has 26 heavy (non-hydrogen) atoms. The summed E-state index contributed by atoms with van der Waals surface area (Å²) >= 11 is 3.26. The third-order valence-electron chi connectivity index (χ3n) is 4.45. The van der Waals surface area contributed by atoms with Crippen LogP contribution < -0.4 is 0 Å². The molecule has 1 aliphatic rings. The molecule has 0 N–H and O–H groups in total. The molecule has 3 aromatic rings. The first kappa shape index (κ1) is 17.3. The van der Waals surface area contributed by atoms with Crippen LogP contribution >= 0.6 is 23.1 Å². The van der Waals surface area contributed by atoms with Crippen molar-refractivity contribution in [3.8, 4) is 11.5 Å². The molecule has 0 bridgehead atoms. The summed E-state index contributed by atoms with van der Waals surface area (Å²) in [5.74, 6) is 2.99. The van der Waals surface area contributed by atoms with Crippen molar-refractivity contribution in [2.24, 2.45) is 0 Å². The lowest BCUT2D eigenvalue weighted by Gasteiger charge is -2.15. The molecule has 1 saturated heterocycles. The zero-order valence-electron chi connectivity index (χ0n) is 14.2. The lowest BCUT2D eigenvalue weighted by molar-refractivity contribution is -0.127. The highest BCUT2D eigenvalue weighted by Gasteiger charge is 2.30. The summed E-state index contributed by atoms with van der Waals surface area (Å²) in [6, 6.07) is 12.2. The molecule has 0 spiro atoms. The summed E-state index contributed by atoms with van der Waals surface area (Å²) in [5.41, 5.74) is 2.20. The number of thioether (sulfide) groups is 1. The van der Waals surface area contributed by atoms with Crippen molar-refractivity contribution in [1.29, 1.82) is 0 Å². The average Bonchev–Trinajstić information content (AvgIpc) is 3.42. The van der Waals surface area contributed by atoms with Crippen molar-refractivity contribution < 1.29 is 9.32 Å². The number of aromatic nitrogens is 2. The van der Waals surface area contributed by atoms with Crippen LogP contribution in [0.25, 0.3) is 11.5 Å². The third kappa shape index (κ3) is 3.99. The Morgan fingerprint density at radius 1 is 1.31 bits per heavy atom. The van der Waals surface area contributed by atoms with Gasteiger partial charge in [0.1, 0.15) is 0 Å². The average molecular weight is 386 g/mol. The molecule has 7 heteroatoms. The van der Waals surface area contributed by atoms with Gasteiger partial charge in [0, 0.05) is 30.1 Å². The second-order valence-electron chi connectivity index (χ2n) is 6.27. The van der Waals surface area contributed by atoms with E-state index in [2.05, 4.69) is 22.3 Å². The Morgan fingerprint density at radius 3 is 3.00 bits per heavy atom. The van der Waals surface area contributed by atoms with Gasteiger partial charge in [-0.2, -0.15) is 16.3 Å². The minimum absolute atomic E-state index is 0.161. The molecule has 0 unspecified atom stereocenters. The molecule has 5 nitrogen and oxygen atoms in total. The number of carbonyl (C=O) groups is 1. The molecule has 3 heterocycles. The maximum Gasteiger partial charge on any atom is 0.258 e. The van der Waals surface area contributed by atoms with Crippen LogP contribution in [0, 0.1) is 0 Å². The molecular formula is C19H19N3O2S2. The molecule has 1 aliphatic heterocycles. The van der Waals surface area contributed by atoms with E-state index in [0.717, 1.165) is 24.3 Å². The molecule has 1 fully saturated rings. The minimum Gasteiger partial charge on any atom is -0.341 e. The summed E-state index contributed by atoms with van der Waals surface area (Å²) in [6.45, 7) is 1.44. The zero-order valence-corrected chi connectivity index (χ0v) is 15.8. The Bertz CT molecular complexity index is 849. The maximum absolute atomic E-state index is 12.4. The Balaban J connectivity index is 1.28. The predicted molar refractivity (Wildman–Crippen MR) is 104 cm³/mol. The van der Waals surface area contributed by atoms with Gasteiger partial charge in [-0.25, -0.2) is 0 Å². The Morgan fingerprint density at radius 2 is 2.19 bits per heavy atom. The van der Waals surface area contributed by atoms with Gasteiger partial charge in [-0.15, -0.1) is 11.8 Å². The van der Waals surface area contributed by atoms with E-state index in [1.165, 1.54) is 5.56 Å². The van der Waals surface area contributed by atoms with Gasteiger partial charge in [0.25, 0.3) is 5.89 Å². The summed E-state index contributed by atoms with van der Waals surface area (Å²) in [6.07, 6.45) is 0.887. The molecule has 0 radical (unpaired) electrons. The Hall–Kier alpha value is -2.12. The number of carbonyl (C=O) groups excluding carboxylic acids is 1. The highest BCUT2D eigenvalue weighted by Crippen LogP contribution is 2.28. The number of amides is 1. The largest absolute Gasteiger partial charge is 0.341 e. The van der Waals surface area contributed by atoms with Gasteiger partial charge >= 0.3 is 0 Å². The van der Waals surface area contributed by atoms with E-state index in [0.29, 0.717) is 24.0 Å². The smallest absolute Gasteiger partial charge is 0.258 e. The van der Waals surface area contributed by atoms with Gasteiger partial charge in [0.2, 0.25) is 5.91 Å². The van der Waals surface area contributed by atoms with Crippen LogP contribution in [0.15, 0.2) is 51.7 Å². The number of hydrogen-bond donors (Lipinski definition) is 0. The number of likely N-dealkylation sites (tertiary alicyclic amines) is 1. The quantitative estimate of drug-likeness (QED) is 0.641. The Kier molecular flexibility index (Phi) is 5.36. The first-order valence-electron chi connectivity index (χ1n) is 8.55. The van der Waals surface area contributed by atoms with Crippen molar-refractivity contribution in [3.05, 3.63) is 58.5 Å². The SMILES string of the molecule is O=C(CSCc1ccccc1)N1CC[C@H](c2noc(-c3ccsc3)n2)C1. The van der Waals surface area contributed by atoms with Crippen molar-refractivity contribution in [1.82, 2.24) is 15.0 Å². The van der Waals surface area contributed by atoms with Gasteiger partial charge < -0.3 is 9.42 Å². The first-order chi connectivity index (χ1) is 12.8. The standard InChI is InChI=1S/C19H19N3O2S2/c23-17(13-26-11-14-4-2-1-3-5-14)22-8-6-15(10-22)18-20-19(24-21-18)16-7-9-25-12-16/h1-5,7,9,12,15H,6,8,10-11,13H2/t15-/m0/s1. The van der Waals surface area contributed by atoms with E-state index in [4.69, 9.17) is 4.52 Å². The molecule has 1 atom stereocenters. The van der Waals surface area contributed by atoms with Crippen molar-refractivity contribution in [2.75, 3.05) is 18.8 Å². The molecule has 0 saturated carbocycles. The first-order valence-corrected chi connectivity index (χ1v) is 10.6. The van der Waals surface area contributed by atoms with Gasteiger partial charge in [-0.3, -0.25) is 4.79 Å². The van der Waals surface area contributed by atoms with Crippen LogP contribution in [-0.2, 0) is 10.5 Å². The third-order valence-corrected chi connectivity index (χ3v) is 6.12. The molecule has 1 amide bonds. The van der Waals surface area contributed by atoms with Crippen LogP contribution in [0.5, 0.6) is 0 Å². The normalized spacial score (nSPS) is 16.9. The van der Waals surface area contributed by atoms with Crippen molar-refractivity contribution in [3.63, 3.8) is 0 Å². The topological polar surface area (TPSA) is 59.2 Å². The summed E-state index contributed by atoms with van der Waals surface area (Å²) in [4.78, 5) is 18.9. The fourth-order valence-corrected chi connectivity index (χ4v) is 4.54. The number of benzene rings is 1. The van der Waals surface area contributed by atoms with Crippen LogP contribution in [0.3, 0.4) is 0 Å². The van der Waals surface area contributed by atoms with Gasteiger partial charge in [-0.1, -0.05) is 35.5 Å². The summed E-state index contributed by atoms with van der Waals surface area (Å²) < 4.78 is 5.37. The number of nitrogens with zero attached hydrogens (tertiary/aromatic N) is 3.